The molecule has 0 aromatic heterocycles. The zero-order valence-electron chi connectivity index (χ0n) is 15.3. The van der Waals surface area contributed by atoms with Crippen molar-refractivity contribution in [2.24, 2.45) is 40.4 Å². The van der Waals surface area contributed by atoms with Crippen molar-refractivity contribution >= 4 is 0 Å². The number of halogens is 1. The van der Waals surface area contributed by atoms with Crippen LogP contribution in [0.5, 0.6) is 0 Å². The van der Waals surface area contributed by atoms with Gasteiger partial charge >= 0.3 is 0 Å². The van der Waals surface area contributed by atoms with Gasteiger partial charge in [0.1, 0.15) is 6.17 Å². The van der Waals surface area contributed by atoms with E-state index in [0.717, 1.165) is 32.1 Å². The monoisotopic (exact) mass is 350 g/mol. The van der Waals surface area contributed by atoms with E-state index in [1.165, 1.54) is 0 Å². The minimum absolute atomic E-state index is 0.0798. The third kappa shape index (κ3) is 2.35. The summed E-state index contributed by atoms with van der Waals surface area (Å²) < 4.78 is 12.8. The first-order chi connectivity index (χ1) is 11.8. The van der Waals surface area contributed by atoms with E-state index < -0.39 is 18.3 Å². The summed E-state index contributed by atoms with van der Waals surface area (Å²) in [7, 11) is 0. The van der Waals surface area contributed by atoms with Gasteiger partial charge in [-0.2, -0.15) is 0 Å². The van der Waals surface area contributed by atoms with Crippen LogP contribution in [0.2, 0.25) is 0 Å². The maximum atomic E-state index is 12.8. The van der Waals surface area contributed by atoms with Crippen molar-refractivity contribution in [1.29, 1.82) is 0 Å². The van der Waals surface area contributed by atoms with Crippen LogP contribution in [0.1, 0.15) is 58.8 Å². The van der Waals surface area contributed by atoms with Gasteiger partial charge in [0.2, 0.25) is 0 Å². The molecule has 0 aromatic carbocycles. The average molecular weight is 350 g/mol. The minimum Gasteiger partial charge on any atom is -0.392 e. The Labute approximate surface area is 150 Å². The first kappa shape index (κ1) is 17.8. The summed E-state index contributed by atoms with van der Waals surface area (Å²) in [4.78, 5) is 0. The van der Waals surface area contributed by atoms with Crippen molar-refractivity contribution in [3.05, 3.63) is 0 Å². The molecule has 3 N–H and O–H groups in total. The summed E-state index contributed by atoms with van der Waals surface area (Å²) in [6, 6.07) is 0. The van der Waals surface area contributed by atoms with Crippen molar-refractivity contribution < 1.29 is 19.7 Å². The molecule has 4 aliphatic carbocycles. The van der Waals surface area contributed by atoms with E-state index in [-0.39, 0.29) is 22.7 Å². The normalized spacial score (nSPS) is 57.7. The number of aliphatic hydroxyl groups excluding tert-OH is 3. The third-order valence-electron chi connectivity index (χ3n) is 8.96. The topological polar surface area (TPSA) is 60.7 Å². The summed E-state index contributed by atoms with van der Waals surface area (Å²) in [6.07, 6.45) is 6.23. The minimum atomic E-state index is -0.609. The lowest BCUT2D eigenvalue weighted by molar-refractivity contribution is -0.147. The SMILES string of the molecule is C[C@]12CCC(O)C(C#CF)C1CC[C@@H]1[C@H]2CC[C@]2(C)C(O)C(O)C[C@@H]12. The second-order valence-electron chi connectivity index (χ2n) is 9.73. The van der Waals surface area contributed by atoms with Crippen LogP contribution in [-0.4, -0.2) is 33.6 Å². The van der Waals surface area contributed by atoms with E-state index >= 15 is 0 Å². The Morgan fingerprint density at radius 3 is 2.28 bits per heavy atom. The maximum Gasteiger partial charge on any atom is 0.106 e. The number of hydrogen-bond acceptors (Lipinski definition) is 3. The zero-order valence-corrected chi connectivity index (χ0v) is 15.3. The van der Waals surface area contributed by atoms with Gasteiger partial charge in [0, 0.05) is 0 Å². The highest BCUT2D eigenvalue weighted by Gasteiger charge is 2.63. The molecule has 0 aliphatic heterocycles. The van der Waals surface area contributed by atoms with Crippen molar-refractivity contribution in [3.8, 4) is 12.1 Å². The quantitative estimate of drug-likeness (QED) is 0.589. The van der Waals surface area contributed by atoms with E-state index in [9.17, 15) is 19.7 Å². The highest BCUT2D eigenvalue weighted by Crippen LogP contribution is 2.66. The van der Waals surface area contributed by atoms with Gasteiger partial charge in [-0.05, 0) is 79.4 Å². The molecule has 0 aromatic rings. The molecule has 4 saturated carbocycles. The fourth-order valence-electron chi connectivity index (χ4n) is 7.60. The molecule has 3 nitrogen and oxygen atoms in total. The fourth-order valence-corrected chi connectivity index (χ4v) is 7.60. The Kier molecular flexibility index (Phi) is 4.22. The second-order valence-corrected chi connectivity index (χ2v) is 9.73. The van der Waals surface area contributed by atoms with E-state index in [2.05, 4.69) is 19.8 Å². The van der Waals surface area contributed by atoms with E-state index in [4.69, 9.17) is 0 Å². The van der Waals surface area contributed by atoms with Crippen LogP contribution < -0.4 is 0 Å². The first-order valence-corrected chi connectivity index (χ1v) is 9.98. The lowest BCUT2D eigenvalue weighted by Gasteiger charge is -2.61. The summed E-state index contributed by atoms with van der Waals surface area (Å²) in [5, 5.41) is 31.2. The number of aliphatic hydroxyl groups is 3. The average Bonchev–Trinajstić information content (AvgIpc) is 2.82. The predicted octanol–water partition coefficient (Wildman–Crippen LogP) is 2.88. The molecule has 4 heteroatoms. The van der Waals surface area contributed by atoms with Crippen LogP contribution in [0, 0.1) is 52.5 Å². The van der Waals surface area contributed by atoms with Gasteiger partial charge in [0.25, 0.3) is 0 Å². The summed E-state index contributed by atoms with van der Waals surface area (Å²) in [5.41, 5.74) is -0.0907. The van der Waals surface area contributed by atoms with E-state index in [1.807, 2.05) is 0 Å². The Morgan fingerprint density at radius 2 is 1.56 bits per heavy atom. The molecule has 0 spiro atoms. The molecule has 4 rings (SSSR count). The highest BCUT2D eigenvalue weighted by atomic mass is 19.1. The van der Waals surface area contributed by atoms with Gasteiger partial charge in [-0.1, -0.05) is 19.8 Å². The molecule has 0 saturated heterocycles. The van der Waals surface area contributed by atoms with Crippen molar-refractivity contribution in [2.45, 2.75) is 77.1 Å². The fraction of sp³-hybridized carbons (Fsp3) is 0.905. The van der Waals surface area contributed by atoms with Gasteiger partial charge in [-0.3, -0.25) is 0 Å². The molecular weight excluding hydrogens is 319 g/mol. The maximum absolute atomic E-state index is 12.8. The summed E-state index contributed by atoms with van der Waals surface area (Å²) >= 11 is 0. The van der Waals surface area contributed by atoms with Crippen LogP contribution in [0.25, 0.3) is 0 Å². The third-order valence-corrected chi connectivity index (χ3v) is 8.96. The van der Waals surface area contributed by atoms with Gasteiger partial charge in [0.15, 0.2) is 0 Å². The van der Waals surface area contributed by atoms with Gasteiger partial charge in [-0.25, -0.2) is 0 Å². The van der Waals surface area contributed by atoms with Gasteiger partial charge in [0.05, 0.1) is 24.2 Å². The number of hydrogen-bond donors (Lipinski definition) is 3. The number of rotatable bonds is 0. The molecule has 4 fully saturated rings. The van der Waals surface area contributed by atoms with E-state index in [0.29, 0.717) is 30.6 Å². The summed E-state index contributed by atoms with van der Waals surface area (Å²) in [6.45, 7) is 4.49. The van der Waals surface area contributed by atoms with Crippen LogP contribution in [0.4, 0.5) is 4.39 Å². The lowest BCUT2D eigenvalue weighted by atomic mass is 9.43. The highest BCUT2D eigenvalue weighted by molar-refractivity contribution is 5.16. The largest absolute Gasteiger partial charge is 0.392 e. The van der Waals surface area contributed by atoms with Crippen molar-refractivity contribution in [3.63, 3.8) is 0 Å². The summed E-state index contributed by atoms with van der Waals surface area (Å²) in [5.74, 6) is 4.08. The molecular formula is C21H31FO3. The molecule has 10 atom stereocenters. The molecule has 0 heterocycles. The lowest BCUT2D eigenvalue weighted by Crippen LogP contribution is -2.56. The standard InChI is InChI=1S/C21H31FO3/c1-20-9-6-17(23)13(7-10-22)14(20)4-3-12-15(20)5-8-21(2)16(12)11-18(24)19(21)25/h12-19,23-25H,3-6,8-9,11H2,1-2H3/t12-,13?,14?,15-,16+,17?,18?,19?,20+,21+/m1/s1. The Hall–Kier alpha value is -0.630. The predicted molar refractivity (Wildman–Crippen MR) is 92.9 cm³/mol. The number of fused-ring (bicyclic) bond motifs is 5. The molecule has 25 heavy (non-hydrogen) atoms. The second kappa shape index (κ2) is 5.94. The van der Waals surface area contributed by atoms with Gasteiger partial charge < -0.3 is 15.3 Å². The zero-order chi connectivity index (χ0) is 18.0. The van der Waals surface area contributed by atoms with Crippen LogP contribution in [0.3, 0.4) is 0 Å². The van der Waals surface area contributed by atoms with Crippen LogP contribution in [-0.2, 0) is 0 Å². The van der Waals surface area contributed by atoms with Crippen molar-refractivity contribution in [2.75, 3.05) is 0 Å². The molecule has 0 radical (unpaired) electrons. The molecule has 0 bridgehead atoms. The molecule has 4 aliphatic rings. The Bertz CT molecular complexity index is 598. The van der Waals surface area contributed by atoms with Gasteiger partial charge in [-0.15, -0.1) is 4.39 Å². The van der Waals surface area contributed by atoms with Crippen LogP contribution in [0.15, 0.2) is 0 Å². The Balaban J connectivity index is 1.65. The van der Waals surface area contributed by atoms with Crippen LogP contribution >= 0.6 is 0 Å². The van der Waals surface area contributed by atoms with Crippen molar-refractivity contribution in [1.82, 2.24) is 0 Å². The molecule has 0 amide bonds. The molecule has 140 valence electrons. The Morgan fingerprint density at radius 1 is 0.840 bits per heavy atom. The smallest absolute Gasteiger partial charge is 0.106 e. The first-order valence-electron chi connectivity index (χ1n) is 9.98. The van der Waals surface area contributed by atoms with E-state index in [1.54, 1.807) is 6.17 Å². The molecule has 5 unspecified atom stereocenters.